The second-order valence-electron chi connectivity index (χ2n) is 6.45. The fourth-order valence-corrected chi connectivity index (χ4v) is 3.50. The summed E-state index contributed by atoms with van der Waals surface area (Å²) in [4.78, 5) is 25.4. The molecular formula is C21H12BrFN6O2. The maximum atomic E-state index is 13.3. The first-order chi connectivity index (χ1) is 15.1. The Morgan fingerprint density at radius 2 is 1.71 bits per heavy atom. The van der Waals surface area contributed by atoms with Gasteiger partial charge in [0.1, 0.15) is 18.5 Å². The van der Waals surface area contributed by atoms with Crippen LogP contribution in [0.1, 0.15) is 0 Å². The lowest BCUT2D eigenvalue weighted by Crippen LogP contribution is -2.24. The van der Waals surface area contributed by atoms with Gasteiger partial charge in [-0.25, -0.2) is 23.4 Å². The van der Waals surface area contributed by atoms with Crippen molar-refractivity contribution in [1.29, 1.82) is 0 Å². The van der Waals surface area contributed by atoms with E-state index in [4.69, 9.17) is 4.42 Å². The number of nitrogens with zero attached hydrogens (tertiary/aromatic N) is 6. The van der Waals surface area contributed by atoms with Crippen molar-refractivity contribution in [3.63, 3.8) is 0 Å². The molecule has 0 amide bonds. The van der Waals surface area contributed by atoms with Crippen LogP contribution in [0.5, 0.6) is 0 Å². The minimum atomic E-state index is -0.579. The molecular weight excluding hydrogens is 467 g/mol. The molecule has 0 aliphatic rings. The summed E-state index contributed by atoms with van der Waals surface area (Å²) in [5.41, 5.74) is 0.718. The first kappa shape index (κ1) is 19.1. The summed E-state index contributed by atoms with van der Waals surface area (Å²) in [7, 11) is 0. The van der Waals surface area contributed by atoms with Gasteiger partial charge in [0.2, 0.25) is 5.89 Å². The van der Waals surface area contributed by atoms with Crippen LogP contribution >= 0.6 is 15.9 Å². The average molecular weight is 479 g/mol. The highest BCUT2D eigenvalue weighted by atomic mass is 79.9. The van der Waals surface area contributed by atoms with Crippen LogP contribution in [0.3, 0.4) is 0 Å². The molecule has 0 saturated carbocycles. The van der Waals surface area contributed by atoms with Gasteiger partial charge in [-0.05, 0) is 40.2 Å². The Morgan fingerprint density at radius 1 is 0.935 bits per heavy atom. The summed E-state index contributed by atoms with van der Waals surface area (Å²) in [6.07, 6.45) is 4.33. The van der Waals surface area contributed by atoms with E-state index in [1.165, 1.54) is 34.0 Å². The SMILES string of the molecule is O=c1nc(-n2cncn2)c(Br)cn1-c1nc(-c2ccc(F)cc2)oc1-c1ccccc1. The third-order valence-corrected chi connectivity index (χ3v) is 5.02. The van der Waals surface area contributed by atoms with Gasteiger partial charge in [0.15, 0.2) is 17.4 Å². The molecule has 0 spiro atoms. The van der Waals surface area contributed by atoms with E-state index < -0.39 is 5.69 Å². The molecule has 3 heterocycles. The van der Waals surface area contributed by atoms with Gasteiger partial charge in [-0.1, -0.05) is 30.3 Å². The number of rotatable bonds is 4. The second-order valence-corrected chi connectivity index (χ2v) is 7.30. The van der Waals surface area contributed by atoms with Crippen molar-refractivity contribution in [3.05, 3.63) is 94.2 Å². The van der Waals surface area contributed by atoms with E-state index in [0.29, 0.717) is 21.6 Å². The number of benzene rings is 2. The van der Waals surface area contributed by atoms with Crippen LogP contribution in [0.25, 0.3) is 34.4 Å². The van der Waals surface area contributed by atoms with Gasteiger partial charge in [0, 0.05) is 17.3 Å². The van der Waals surface area contributed by atoms with Crippen LogP contribution in [0, 0.1) is 5.82 Å². The van der Waals surface area contributed by atoms with Crippen LogP contribution in [0.4, 0.5) is 4.39 Å². The van der Waals surface area contributed by atoms with Crippen molar-refractivity contribution in [2.45, 2.75) is 0 Å². The van der Waals surface area contributed by atoms with Crippen molar-refractivity contribution in [3.8, 4) is 34.4 Å². The second kappa shape index (κ2) is 7.73. The van der Waals surface area contributed by atoms with Crippen molar-refractivity contribution in [1.82, 2.24) is 29.3 Å². The molecule has 5 aromatic rings. The Balaban J connectivity index is 1.70. The zero-order valence-electron chi connectivity index (χ0n) is 15.7. The first-order valence-electron chi connectivity index (χ1n) is 9.07. The third-order valence-electron chi connectivity index (χ3n) is 4.46. The molecule has 0 aliphatic carbocycles. The summed E-state index contributed by atoms with van der Waals surface area (Å²) in [5, 5.41) is 4.01. The fraction of sp³-hybridized carbons (Fsp3) is 0. The average Bonchev–Trinajstić information content (AvgIpc) is 3.47. The largest absolute Gasteiger partial charge is 0.434 e. The molecule has 3 aromatic heterocycles. The Kier molecular flexibility index (Phi) is 4.75. The predicted molar refractivity (Wildman–Crippen MR) is 113 cm³/mol. The van der Waals surface area contributed by atoms with Crippen molar-refractivity contribution in [2.75, 3.05) is 0 Å². The van der Waals surface area contributed by atoms with E-state index in [1.807, 2.05) is 30.3 Å². The molecule has 10 heteroatoms. The summed E-state index contributed by atoms with van der Waals surface area (Å²) >= 11 is 3.43. The lowest BCUT2D eigenvalue weighted by molar-refractivity contribution is 0.587. The molecule has 0 radical (unpaired) electrons. The number of hydrogen-bond acceptors (Lipinski definition) is 6. The maximum absolute atomic E-state index is 13.3. The Morgan fingerprint density at radius 3 is 2.42 bits per heavy atom. The highest BCUT2D eigenvalue weighted by Crippen LogP contribution is 2.32. The van der Waals surface area contributed by atoms with E-state index in [0.717, 1.165) is 5.56 Å². The molecule has 31 heavy (non-hydrogen) atoms. The highest BCUT2D eigenvalue weighted by molar-refractivity contribution is 9.10. The van der Waals surface area contributed by atoms with E-state index in [9.17, 15) is 9.18 Å². The minimum Gasteiger partial charge on any atom is -0.434 e. The Labute approximate surface area is 182 Å². The van der Waals surface area contributed by atoms with Gasteiger partial charge in [0.05, 0.1) is 4.47 Å². The Bertz CT molecular complexity index is 1410. The number of aromatic nitrogens is 6. The van der Waals surface area contributed by atoms with Crippen molar-refractivity contribution < 1.29 is 8.81 Å². The zero-order chi connectivity index (χ0) is 21.4. The van der Waals surface area contributed by atoms with Crippen LogP contribution in [0.15, 0.2) is 87.1 Å². The summed E-state index contributed by atoms with van der Waals surface area (Å²) in [6.45, 7) is 0. The lowest BCUT2D eigenvalue weighted by Gasteiger charge is -2.07. The standard InChI is InChI=1S/C21H12BrFN6O2/c22-16-10-28(21(30)27-18(16)29-12-24-11-25-29)19-17(13-4-2-1-3-5-13)31-20(26-19)14-6-8-15(23)9-7-14/h1-12H. The number of halogens is 2. The molecule has 152 valence electrons. The Hall–Kier alpha value is -3.92. The van der Waals surface area contributed by atoms with E-state index in [1.54, 1.807) is 18.3 Å². The van der Waals surface area contributed by atoms with Gasteiger partial charge in [-0.2, -0.15) is 15.1 Å². The quantitative estimate of drug-likeness (QED) is 0.387. The van der Waals surface area contributed by atoms with Crippen molar-refractivity contribution in [2.24, 2.45) is 0 Å². The lowest BCUT2D eigenvalue weighted by atomic mass is 10.2. The molecule has 0 N–H and O–H groups in total. The maximum Gasteiger partial charge on any atom is 0.355 e. The number of oxazole rings is 1. The third kappa shape index (κ3) is 3.57. The normalized spacial score (nSPS) is 11.0. The summed E-state index contributed by atoms with van der Waals surface area (Å²) in [6, 6.07) is 15.0. The van der Waals surface area contributed by atoms with Crippen LogP contribution < -0.4 is 5.69 Å². The van der Waals surface area contributed by atoms with E-state index >= 15 is 0 Å². The van der Waals surface area contributed by atoms with Crippen LogP contribution in [-0.4, -0.2) is 29.3 Å². The van der Waals surface area contributed by atoms with E-state index in [2.05, 4.69) is 36.0 Å². The molecule has 0 unspecified atom stereocenters. The molecule has 0 bridgehead atoms. The fourth-order valence-electron chi connectivity index (χ4n) is 3.02. The topological polar surface area (TPSA) is 91.6 Å². The van der Waals surface area contributed by atoms with E-state index in [-0.39, 0.29) is 17.5 Å². The predicted octanol–water partition coefficient (Wildman–Crippen LogP) is 4.04. The van der Waals surface area contributed by atoms with Gasteiger partial charge < -0.3 is 4.42 Å². The van der Waals surface area contributed by atoms with Gasteiger partial charge in [-0.15, -0.1) is 0 Å². The van der Waals surface area contributed by atoms with Crippen molar-refractivity contribution >= 4 is 15.9 Å². The van der Waals surface area contributed by atoms with Gasteiger partial charge in [-0.3, -0.25) is 0 Å². The molecule has 0 aliphatic heterocycles. The van der Waals surface area contributed by atoms with Gasteiger partial charge in [0.25, 0.3) is 0 Å². The molecule has 5 rings (SSSR count). The molecule has 0 atom stereocenters. The highest BCUT2D eigenvalue weighted by Gasteiger charge is 2.21. The first-order valence-corrected chi connectivity index (χ1v) is 9.86. The molecule has 0 saturated heterocycles. The molecule has 0 fully saturated rings. The summed E-state index contributed by atoms with van der Waals surface area (Å²) in [5.74, 6) is 0.810. The minimum absolute atomic E-state index is 0.247. The summed E-state index contributed by atoms with van der Waals surface area (Å²) < 4.78 is 22.5. The van der Waals surface area contributed by atoms with Gasteiger partial charge >= 0.3 is 5.69 Å². The number of hydrogen-bond donors (Lipinski definition) is 0. The smallest absolute Gasteiger partial charge is 0.355 e. The van der Waals surface area contributed by atoms with Crippen LogP contribution in [0.2, 0.25) is 0 Å². The van der Waals surface area contributed by atoms with Crippen LogP contribution in [-0.2, 0) is 0 Å². The zero-order valence-corrected chi connectivity index (χ0v) is 17.3. The molecule has 2 aromatic carbocycles. The monoisotopic (exact) mass is 478 g/mol. The molecule has 8 nitrogen and oxygen atoms in total.